The molecule has 0 saturated carbocycles. The van der Waals surface area contributed by atoms with Gasteiger partial charge in [0.25, 0.3) is 0 Å². The molecule has 0 fully saturated rings. The number of pyridine rings is 1. The van der Waals surface area contributed by atoms with Gasteiger partial charge in [-0.2, -0.15) is 0 Å². The maximum atomic E-state index is 13.1. The van der Waals surface area contributed by atoms with Gasteiger partial charge in [0.05, 0.1) is 22.2 Å². The Morgan fingerprint density at radius 1 is 0.840 bits per heavy atom. The summed E-state index contributed by atoms with van der Waals surface area (Å²) in [5.74, 6) is -0.685. The van der Waals surface area contributed by atoms with Crippen LogP contribution in [0.2, 0.25) is 0 Å². The first-order chi connectivity index (χ1) is 12.1. The van der Waals surface area contributed by atoms with E-state index in [1.54, 1.807) is 18.3 Å². The number of aryl methyl sites for hydroxylation is 1. The number of hydrogen-bond donors (Lipinski definition) is 1. The molecule has 1 aliphatic carbocycles. The number of ketones is 2. The van der Waals surface area contributed by atoms with Crippen molar-refractivity contribution in [1.82, 2.24) is 4.40 Å². The summed E-state index contributed by atoms with van der Waals surface area (Å²) in [5, 5.41) is 12.2. The van der Waals surface area contributed by atoms with E-state index in [1.165, 1.54) is 6.07 Å². The first-order valence-electron chi connectivity index (χ1n) is 8.02. The summed E-state index contributed by atoms with van der Waals surface area (Å²) in [5.41, 5.74) is 2.79. The van der Waals surface area contributed by atoms with Crippen molar-refractivity contribution in [2.75, 3.05) is 0 Å². The second-order valence-electron chi connectivity index (χ2n) is 6.37. The van der Waals surface area contributed by atoms with Gasteiger partial charge in [-0.25, -0.2) is 0 Å². The summed E-state index contributed by atoms with van der Waals surface area (Å²) in [6.07, 6.45) is 3.65. The highest BCUT2D eigenvalue weighted by Gasteiger charge is 2.35. The Bertz CT molecular complexity index is 1250. The van der Waals surface area contributed by atoms with Crippen molar-refractivity contribution in [1.29, 1.82) is 0 Å². The molecule has 0 bridgehead atoms. The van der Waals surface area contributed by atoms with E-state index >= 15 is 0 Å². The van der Waals surface area contributed by atoms with Crippen molar-refractivity contribution in [3.05, 3.63) is 82.7 Å². The van der Waals surface area contributed by atoms with Crippen LogP contribution in [0.4, 0.5) is 0 Å². The van der Waals surface area contributed by atoms with E-state index in [0.717, 1.165) is 21.9 Å². The van der Waals surface area contributed by atoms with Crippen LogP contribution in [0, 0.1) is 6.92 Å². The third-order valence-corrected chi connectivity index (χ3v) is 5.02. The maximum absolute atomic E-state index is 13.1. The fourth-order valence-corrected chi connectivity index (χ4v) is 3.88. The first kappa shape index (κ1) is 14.0. The van der Waals surface area contributed by atoms with Crippen molar-refractivity contribution in [2.24, 2.45) is 0 Å². The zero-order valence-electron chi connectivity index (χ0n) is 13.4. The van der Waals surface area contributed by atoms with Crippen molar-refractivity contribution in [3.63, 3.8) is 0 Å². The molecule has 1 N–H and O–H groups in total. The van der Waals surface area contributed by atoms with Gasteiger partial charge in [-0.15, -0.1) is 0 Å². The van der Waals surface area contributed by atoms with Crippen LogP contribution in [-0.4, -0.2) is 21.1 Å². The SMILES string of the molecule is Cc1c2ccccc2cn2cc3c(c12)C(=O)c1c(O)cccc1C3=O. The van der Waals surface area contributed by atoms with Crippen molar-refractivity contribution in [3.8, 4) is 5.75 Å². The largest absolute Gasteiger partial charge is 0.507 e. The van der Waals surface area contributed by atoms with Crippen LogP contribution >= 0.6 is 0 Å². The Kier molecular flexibility index (Phi) is 2.56. The van der Waals surface area contributed by atoms with E-state index in [2.05, 4.69) is 0 Å². The van der Waals surface area contributed by atoms with Crippen LogP contribution in [0.15, 0.2) is 54.9 Å². The number of nitrogens with zero attached hydrogens (tertiary/aromatic N) is 1. The van der Waals surface area contributed by atoms with Crippen molar-refractivity contribution < 1.29 is 14.7 Å². The maximum Gasteiger partial charge on any atom is 0.200 e. The lowest BCUT2D eigenvalue weighted by Crippen LogP contribution is -2.19. The molecule has 4 nitrogen and oxygen atoms in total. The predicted octanol–water partition coefficient (Wildman–Crippen LogP) is 3.88. The van der Waals surface area contributed by atoms with Gasteiger partial charge in [0.1, 0.15) is 5.75 Å². The third kappa shape index (κ3) is 1.66. The van der Waals surface area contributed by atoms with Crippen molar-refractivity contribution >= 4 is 27.9 Å². The normalized spacial score (nSPS) is 13.3. The second kappa shape index (κ2) is 4.57. The molecule has 4 heteroatoms. The zero-order valence-corrected chi connectivity index (χ0v) is 13.4. The quantitative estimate of drug-likeness (QED) is 0.469. The molecule has 1 aliphatic rings. The molecule has 25 heavy (non-hydrogen) atoms. The lowest BCUT2D eigenvalue weighted by Gasteiger charge is -2.16. The summed E-state index contributed by atoms with van der Waals surface area (Å²) in [7, 11) is 0. The molecule has 5 rings (SSSR count). The van der Waals surface area contributed by atoms with E-state index in [4.69, 9.17) is 0 Å². The zero-order chi connectivity index (χ0) is 17.3. The number of hydrogen-bond acceptors (Lipinski definition) is 3. The van der Waals surface area contributed by atoms with Gasteiger partial charge in [0, 0.05) is 18.0 Å². The second-order valence-corrected chi connectivity index (χ2v) is 6.37. The number of benzene rings is 2. The summed E-state index contributed by atoms with van der Waals surface area (Å²) in [6, 6.07) is 12.5. The minimum Gasteiger partial charge on any atom is -0.507 e. The van der Waals surface area contributed by atoms with E-state index in [9.17, 15) is 14.7 Å². The third-order valence-electron chi connectivity index (χ3n) is 5.02. The topological polar surface area (TPSA) is 58.8 Å². The molecule has 0 spiro atoms. The van der Waals surface area contributed by atoms with Crippen LogP contribution in [-0.2, 0) is 0 Å². The number of carbonyl (C=O) groups is 2. The van der Waals surface area contributed by atoms with Crippen LogP contribution in [0.1, 0.15) is 37.4 Å². The molecule has 0 atom stereocenters. The van der Waals surface area contributed by atoms with Gasteiger partial charge in [-0.1, -0.05) is 36.4 Å². The van der Waals surface area contributed by atoms with Crippen LogP contribution < -0.4 is 0 Å². The molecule has 0 aliphatic heterocycles. The summed E-state index contributed by atoms with van der Waals surface area (Å²) in [6.45, 7) is 1.95. The number of phenolic OH excluding ortho intramolecular Hbond substituents is 1. The average Bonchev–Trinajstić information content (AvgIpc) is 3.00. The molecule has 0 saturated heterocycles. The minimum absolute atomic E-state index is 0.0978. The molecule has 120 valence electrons. The molecular formula is C21H13NO3. The number of carbonyl (C=O) groups excluding carboxylic acids is 2. The van der Waals surface area contributed by atoms with Crippen LogP contribution in [0.3, 0.4) is 0 Å². The summed E-state index contributed by atoms with van der Waals surface area (Å²) in [4.78, 5) is 26.0. The predicted molar refractivity (Wildman–Crippen MR) is 94.6 cm³/mol. The van der Waals surface area contributed by atoms with E-state index < -0.39 is 0 Å². The van der Waals surface area contributed by atoms with Gasteiger partial charge in [-0.05, 0) is 29.3 Å². The Hall–Kier alpha value is -3.40. The smallest absolute Gasteiger partial charge is 0.200 e. The van der Waals surface area contributed by atoms with E-state index in [-0.39, 0.29) is 28.4 Å². The standard InChI is InChI=1S/C21H13NO3/c1-11-13-6-3-2-5-12(13)9-22-10-15-18(19(11)22)21(25)17-14(20(15)24)7-4-8-16(17)23/h2-10,23H,1H3. The van der Waals surface area contributed by atoms with Crippen LogP contribution in [0.5, 0.6) is 5.75 Å². The number of fused-ring (bicyclic) bond motifs is 5. The molecule has 2 aromatic heterocycles. The molecule has 0 radical (unpaired) electrons. The Morgan fingerprint density at radius 3 is 2.48 bits per heavy atom. The summed E-state index contributed by atoms with van der Waals surface area (Å²) < 4.78 is 1.85. The van der Waals surface area contributed by atoms with Gasteiger partial charge < -0.3 is 9.51 Å². The van der Waals surface area contributed by atoms with Gasteiger partial charge in [0.15, 0.2) is 11.6 Å². The highest BCUT2D eigenvalue weighted by molar-refractivity contribution is 6.32. The Morgan fingerprint density at radius 2 is 1.64 bits per heavy atom. The number of aromatic nitrogens is 1. The Balaban J connectivity index is 1.95. The highest BCUT2D eigenvalue weighted by Crippen LogP contribution is 2.37. The van der Waals surface area contributed by atoms with Gasteiger partial charge >= 0.3 is 0 Å². The average molecular weight is 327 g/mol. The fraction of sp³-hybridized carbons (Fsp3) is 0.0476. The lowest BCUT2D eigenvalue weighted by atomic mass is 9.84. The molecule has 2 heterocycles. The van der Waals surface area contributed by atoms with Crippen molar-refractivity contribution in [2.45, 2.75) is 6.92 Å². The highest BCUT2D eigenvalue weighted by atomic mass is 16.3. The van der Waals surface area contributed by atoms with Crippen LogP contribution in [0.25, 0.3) is 16.3 Å². The molecular weight excluding hydrogens is 314 g/mol. The molecule has 2 aromatic carbocycles. The molecule has 4 aromatic rings. The first-order valence-corrected chi connectivity index (χ1v) is 8.02. The lowest BCUT2D eigenvalue weighted by molar-refractivity contribution is 0.0978. The summed E-state index contributed by atoms with van der Waals surface area (Å²) >= 11 is 0. The van der Waals surface area contributed by atoms with E-state index in [0.29, 0.717) is 11.1 Å². The minimum atomic E-state index is -0.302. The monoisotopic (exact) mass is 327 g/mol. The van der Waals surface area contributed by atoms with E-state index in [1.807, 2.05) is 41.8 Å². The Labute approximate surface area is 142 Å². The fourth-order valence-electron chi connectivity index (χ4n) is 3.88. The van der Waals surface area contributed by atoms with Gasteiger partial charge in [-0.3, -0.25) is 9.59 Å². The molecule has 0 unspecified atom stereocenters. The molecule has 0 amide bonds. The number of phenols is 1. The number of aromatic hydroxyl groups is 1. The number of rotatable bonds is 0. The van der Waals surface area contributed by atoms with Gasteiger partial charge in [0.2, 0.25) is 0 Å².